The maximum absolute atomic E-state index is 5.93. The van der Waals surface area contributed by atoms with Gasteiger partial charge in [0.1, 0.15) is 0 Å². The van der Waals surface area contributed by atoms with Gasteiger partial charge in [0.05, 0.1) is 13.7 Å². The van der Waals surface area contributed by atoms with Gasteiger partial charge in [0, 0.05) is 29.7 Å². The molecule has 1 N–H and O–H groups in total. The quantitative estimate of drug-likeness (QED) is 0.696. The molecule has 130 valence electrons. The number of benzene rings is 2. The van der Waals surface area contributed by atoms with Crippen LogP contribution in [0.3, 0.4) is 0 Å². The molecule has 1 aromatic heterocycles. The van der Waals surface area contributed by atoms with Crippen molar-refractivity contribution in [1.82, 2.24) is 9.88 Å². The number of aryl methyl sites for hydroxylation is 1. The SMILES string of the molecule is COc1ccccc1OCCCn1c2c(c3ccccc31)CCNC2. The van der Waals surface area contributed by atoms with Crippen LogP contribution in [0.2, 0.25) is 0 Å². The van der Waals surface area contributed by atoms with Gasteiger partial charge in [-0.05, 0) is 43.1 Å². The highest BCUT2D eigenvalue weighted by atomic mass is 16.5. The van der Waals surface area contributed by atoms with E-state index in [0.29, 0.717) is 6.61 Å². The summed E-state index contributed by atoms with van der Waals surface area (Å²) >= 11 is 0. The third-order valence-electron chi connectivity index (χ3n) is 4.89. The lowest BCUT2D eigenvalue weighted by Crippen LogP contribution is -2.25. The Morgan fingerprint density at radius 3 is 2.72 bits per heavy atom. The van der Waals surface area contributed by atoms with E-state index in [-0.39, 0.29) is 0 Å². The monoisotopic (exact) mass is 336 g/mol. The summed E-state index contributed by atoms with van der Waals surface area (Å²) in [5, 5.41) is 4.91. The van der Waals surface area contributed by atoms with Crippen molar-refractivity contribution in [3.63, 3.8) is 0 Å². The molecular weight excluding hydrogens is 312 g/mol. The molecule has 1 aliphatic heterocycles. The van der Waals surface area contributed by atoms with E-state index in [1.54, 1.807) is 7.11 Å². The molecule has 0 saturated heterocycles. The lowest BCUT2D eigenvalue weighted by atomic mass is 10.1. The summed E-state index contributed by atoms with van der Waals surface area (Å²) in [7, 11) is 1.67. The second-order valence-corrected chi connectivity index (χ2v) is 6.37. The van der Waals surface area contributed by atoms with Crippen molar-refractivity contribution < 1.29 is 9.47 Å². The van der Waals surface area contributed by atoms with E-state index in [1.807, 2.05) is 24.3 Å². The van der Waals surface area contributed by atoms with E-state index < -0.39 is 0 Å². The molecule has 0 aliphatic carbocycles. The second kappa shape index (κ2) is 7.19. The van der Waals surface area contributed by atoms with Crippen LogP contribution < -0.4 is 14.8 Å². The minimum atomic E-state index is 0.676. The predicted octanol–water partition coefficient (Wildman–Crippen LogP) is 3.76. The zero-order valence-electron chi connectivity index (χ0n) is 14.6. The summed E-state index contributed by atoms with van der Waals surface area (Å²) in [6.07, 6.45) is 2.07. The van der Waals surface area contributed by atoms with Crippen molar-refractivity contribution >= 4 is 10.9 Å². The molecule has 0 radical (unpaired) electrons. The van der Waals surface area contributed by atoms with Gasteiger partial charge in [0.15, 0.2) is 11.5 Å². The van der Waals surface area contributed by atoms with E-state index in [1.165, 1.54) is 22.2 Å². The summed E-state index contributed by atoms with van der Waals surface area (Å²) in [6, 6.07) is 16.6. The minimum absolute atomic E-state index is 0.676. The molecule has 0 saturated carbocycles. The molecule has 0 atom stereocenters. The summed E-state index contributed by atoms with van der Waals surface area (Å²) in [5.41, 5.74) is 4.29. The summed E-state index contributed by atoms with van der Waals surface area (Å²) in [4.78, 5) is 0. The first-order valence-electron chi connectivity index (χ1n) is 8.94. The van der Waals surface area contributed by atoms with Crippen LogP contribution in [-0.4, -0.2) is 24.8 Å². The van der Waals surface area contributed by atoms with Gasteiger partial charge in [0.2, 0.25) is 0 Å². The standard InChI is InChI=1S/C21H24N2O2/c1-24-20-9-4-5-10-21(20)25-14-6-13-23-18-8-3-2-7-16(18)17-11-12-22-15-19(17)23/h2-5,7-10,22H,6,11-15H2,1H3. The van der Waals surface area contributed by atoms with Crippen LogP contribution in [0.1, 0.15) is 17.7 Å². The van der Waals surface area contributed by atoms with Crippen LogP contribution in [0.15, 0.2) is 48.5 Å². The number of nitrogens with zero attached hydrogens (tertiary/aromatic N) is 1. The Morgan fingerprint density at radius 1 is 1.04 bits per heavy atom. The molecule has 0 unspecified atom stereocenters. The average molecular weight is 336 g/mol. The number of methoxy groups -OCH3 is 1. The maximum atomic E-state index is 5.93. The first-order valence-corrected chi connectivity index (χ1v) is 8.94. The smallest absolute Gasteiger partial charge is 0.161 e. The maximum Gasteiger partial charge on any atom is 0.161 e. The van der Waals surface area contributed by atoms with Crippen LogP contribution in [0.5, 0.6) is 11.5 Å². The fourth-order valence-electron chi connectivity index (χ4n) is 3.73. The fraction of sp³-hybridized carbons (Fsp3) is 0.333. The van der Waals surface area contributed by atoms with Gasteiger partial charge < -0.3 is 19.4 Å². The molecule has 0 fully saturated rings. The first-order chi connectivity index (χ1) is 12.4. The Labute approximate surface area is 148 Å². The number of para-hydroxylation sites is 3. The van der Waals surface area contributed by atoms with Crippen LogP contribution in [0, 0.1) is 0 Å². The highest BCUT2D eigenvalue weighted by Gasteiger charge is 2.19. The number of hydrogen-bond donors (Lipinski definition) is 1. The van der Waals surface area contributed by atoms with Gasteiger partial charge >= 0.3 is 0 Å². The van der Waals surface area contributed by atoms with Gasteiger partial charge in [-0.25, -0.2) is 0 Å². The van der Waals surface area contributed by atoms with Crippen molar-refractivity contribution in [2.24, 2.45) is 0 Å². The average Bonchev–Trinajstić information content (AvgIpc) is 3.00. The molecule has 2 aromatic carbocycles. The molecule has 0 spiro atoms. The minimum Gasteiger partial charge on any atom is -0.493 e. The van der Waals surface area contributed by atoms with E-state index in [9.17, 15) is 0 Å². The number of aromatic nitrogens is 1. The van der Waals surface area contributed by atoms with Crippen LogP contribution >= 0.6 is 0 Å². The number of rotatable bonds is 6. The third-order valence-corrected chi connectivity index (χ3v) is 4.89. The van der Waals surface area contributed by atoms with Gasteiger partial charge in [-0.3, -0.25) is 0 Å². The fourth-order valence-corrected chi connectivity index (χ4v) is 3.73. The molecule has 4 nitrogen and oxygen atoms in total. The summed E-state index contributed by atoms with van der Waals surface area (Å²) in [6.45, 7) is 3.66. The van der Waals surface area contributed by atoms with Crippen LogP contribution in [0.4, 0.5) is 0 Å². The van der Waals surface area contributed by atoms with Crippen LogP contribution in [-0.2, 0) is 19.5 Å². The van der Waals surface area contributed by atoms with Crippen molar-refractivity contribution in [3.05, 3.63) is 59.8 Å². The van der Waals surface area contributed by atoms with Gasteiger partial charge in [-0.15, -0.1) is 0 Å². The number of ether oxygens (including phenoxy) is 2. The Hall–Kier alpha value is -2.46. The Kier molecular flexibility index (Phi) is 4.61. The molecule has 3 aromatic rings. The summed E-state index contributed by atoms with van der Waals surface area (Å²) < 4.78 is 13.7. The lowest BCUT2D eigenvalue weighted by Gasteiger charge is -2.17. The Morgan fingerprint density at radius 2 is 1.84 bits per heavy atom. The molecule has 4 rings (SSSR count). The first kappa shape index (κ1) is 16.0. The van der Waals surface area contributed by atoms with Crippen molar-refractivity contribution in [3.8, 4) is 11.5 Å². The molecule has 0 bridgehead atoms. The highest BCUT2D eigenvalue weighted by molar-refractivity contribution is 5.85. The Balaban J connectivity index is 1.48. The lowest BCUT2D eigenvalue weighted by molar-refractivity contribution is 0.282. The zero-order chi connectivity index (χ0) is 17.1. The van der Waals surface area contributed by atoms with E-state index in [2.05, 4.69) is 34.1 Å². The normalized spacial score (nSPS) is 13.6. The predicted molar refractivity (Wildman–Crippen MR) is 100 cm³/mol. The highest BCUT2D eigenvalue weighted by Crippen LogP contribution is 2.29. The van der Waals surface area contributed by atoms with Gasteiger partial charge in [-0.1, -0.05) is 30.3 Å². The summed E-state index contributed by atoms with van der Waals surface area (Å²) in [5.74, 6) is 1.60. The number of fused-ring (bicyclic) bond motifs is 3. The Bertz CT molecular complexity index is 869. The molecular formula is C21H24N2O2. The molecule has 25 heavy (non-hydrogen) atoms. The number of nitrogens with one attached hydrogen (secondary N) is 1. The molecule has 2 heterocycles. The van der Waals surface area contributed by atoms with E-state index in [0.717, 1.165) is 44.0 Å². The van der Waals surface area contributed by atoms with Crippen LogP contribution in [0.25, 0.3) is 10.9 Å². The van der Waals surface area contributed by atoms with Crippen molar-refractivity contribution in [2.45, 2.75) is 25.9 Å². The molecule has 1 aliphatic rings. The van der Waals surface area contributed by atoms with Crippen molar-refractivity contribution in [1.29, 1.82) is 0 Å². The zero-order valence-corrected chi connectivity index (χ0v) is 14.6. The van der Waals surface area contributed by atoms with E-state index >= 15 is 0 Å². The molecule has 0 amide bonds. The third kappa shape index (κ3) is 3.10. The van der Waals surface area contributed by atoms with Crippen molar-refractivity contribution in [2.75, 3.05) is 20.3 Å². The topological polar surface area (TPSA) is 35.4 Å². The van der Waals surface area contributed by atoms with Gasteiger partial charge in [-0.2, -0.15) is 0 Å². The van der Waals surface area contributed by atoms with Gasteiger partial charge in [0.25, 0.3) is 0 Å². The largest absolute Gasteiger partial charge is 0.493 e. The van der Waals surface area contributed by atoms with E-state index in [4.69, 9.17) is 9.47 Å². The molecule has 4 heteroatoms. The number of hydrogen-bond acceptors (Lipinski definition) is 3. The second-order valence-electron chi connectivity index (χ2n) is 6.37.